The molecule has 0 saturated carbocycles. The highest BCUT2D eigenvalue weighted by Gasteiger charge is 2.18. The second-order valence-corrected chi connectivity index (χ2v) is 5.67. The van der Waals surface area contributed by atoms with Crippen LogP contribution in [0.2, 0.25) is 5.02 Å². The lowest BCUT2D eigenvalue weighted by Gasteiger charge is -1.97. The van der Waals surface area contributed by atoms with Crippen LogP contribution in [0.1, 0.15) is 21.0 Å². The first-order chi connectivity index (χ1) is 11.0. The van der Waals surface area contributed by atoms with Gasteiger partial charge in [0.2, 0.25) is 10.9 Å². The zero-order valence-electron chi connectivity index (χ0n) is 11.3. The van der Waals surface area contributed by atoms with Gasteiger partial charge >= 0.3 is 0 Å². The van der Waals surface area contributed by atoms with Gasteiger partial charge in [-0.25, -0.2) is 0 Å². The summed E-state index contributed by atoms with van der Waals surface area (Å²) < 4.78 is 4.74. The highest BCUT2D eigenvalue weighted by Crippen LogP contribution is 2.31. The molecule has 0 aliphatic heterocycles. The highest BCUT2D eigenvalue weighted by atomic mass is 35.5. The number of nitrogens with zero attached hydrogens (tertiary/aromatic N) is 3. The number of benzene rings is 1. The van der Waals surface area contributed by atoms with Gasteiger partial charge in [-0.2, -0.15) is 0 Å². The third kappa shape index (κ3) is 3.20. The second-order valence-electron chi connectivity index (χ2n) is 4.29. The van der Waals surface area contributed by atoms with Crippen molar-refractivity contribution < 1.29 is 14.1 Å². The lowest BCUT2D eigenvalue weighted by atomic mass is 10.2. The minimum atomic E-state index is -0.787. The number of halogens is 1. The molecule has 3 aromatic rings. The van der Waals surface area contributed by atoms with Crippen LogP contribution >= 0.6 is 22.9 Å². The van der Waals surface area contributed by atoms with Crippen LogP contribution in [0.25, 0.3) is 10.6 Å². The number of hydrogen-bond acceptors (Lipinski definition) is 7. The quantitative estimate of drug-likeness (QED) is 0.744. The van der Waals surface area contributed by atoms with E-state index in [9.17, 15) is 9.59 Å². The Morgan fingerprint density at radius 3 is 2.74 bits per heavy atom. The molecule has 3 N–H and O–H groups in total. The van der Waals surface area contributed by atoms with Gasteiger partial charge in [-0.15, -0.1) is 10.2 Å². The van der Waals surface area contributed by atoms with Crippen LogP contribution in [0.5, 0.6) is 0 Å². The van der Waals surface area contributed by atoms with E-state index in [1.165, 1.54) is 0 Å². The maximum atomic E-state index is 12.0. The first-order valence-electron chi connectivity index (χ1n) is 6.21. The van der Waals surface area contributed by atoms with Crippen molar-refractivity contribution in [1.82, 2.24) is 15.4 Å². The minimum absolute atomic E-state index is 0.135. The molecule has 0 aliphatic rings. The number of carbonyl (C=O) groups excluding carboxylic acids is 2. The molecule has 0 bridgehead atoms. The summed E-state index contributed by atoms with van der Waals surface area (Å²) in [5.41, 5.74) is 5.61. The Morgan fingerprint density at radius 2 is 2.04 bits per heavy atom. The van der Waals surface area contributed by atoms with Crippen molar-refractivity contribution >= 4 is 39.9 Å². The first-order valence-corrected chi connectivity index (χ1v) is 7.40. The van der Waals surface area contributed by atoms with Crippen molar-refractivity contribution in [3.8, 4) is 10.6 Å². The van der Waals surface area contributed by atoms with E-state index in [1.54, 1.807) is 18.2 Å². The van der Waals surface area contributed by atoms with Crippen molar-refractivity contribution in [1.29, 1.82) is 0 Å². The summed E-state index contributed by atoms with van der Waals surface area (Å²) >= 11 is 7.23. The molecule has 0 spiro atoms. The molecule has 2 heterocycles. The normalized spacial score (nSPS) is 10.5. The number of amides is 2. The first kappa shape index (κ1) is 15.1. The maximum Gasteiger partial charge on any atom is 0.296 e. The van der Waals surface area contributed by atoms with Gasteiger partial charge in [0.15, 0.2) is 10.7 Å². The molecule has 0 atom stereocenters. The van der Waals surface area contributed by atoms with Crippen LogP contribution in [-0.2, 0) is 0 Å². The van der Waals surface area contributed by atoms with E-state index in [4.69, 9.17) is 21.9 Å². The molecule has 8 nitrogen and oxygen atoms in total. The van der Waals surface area contributed by atoms with Crippen LogP contribution < -0.4 is 11.1 Å². The molecular formula is C13H8ClN5O3S. The predicted octanol–water partition coefficient (Wildman–Crippen LogP) is 2.20. The molecule has 0 saturated heterocycles. The lowest BCUT2D eigenvalue weighted by molar-refractivity contribution is 0.0973. The SMILES string of the molecule is NC(=O)c1cc(C(=O)Nc2nnc(-c3ccccc3Cl)s2)on1. The average molecular weight is 350 g/mol. The van der Waals surface area contributed by atoms with Crippen molar-refractivity contribution in [2.75, 3.05) is 5.32 Å². The fourth-order valence-corrected chi connectivity index (χ4v) is 2.73. The molecule has 0 unspecified atom stereocenters. The number of carbonyl (C=O) groups is 2. The molecule has 23 heavy (non-hydrogen) atoms. The second kappa shape index (κ2) is 6.15. The zero-order chi connectivity index (χ0) is 16.4. The number of primary amides is 1. The maximum absolute atomic E-state index is 12.0. The molecule has 2 amide bonds. The van der Waals surface area contributed by atoms with Crippen LogP contribution in [-0.4, -0.2) is 27.2 Å². The van der Waals surface area contributed by atoms with Crippen molar-refractivity contribution in [2.24, 2.45) is 5.73 Å². The van der Waals surface area contributed by atoms with Gasteiger partial charge in [-0.05, 0) is 6.07 Å². The molecule has 116 valence electrons. The van der Waals surface area contributed by atoms with Crippen LogP contribution in [0.3, 0.4) is 0 Å². The monoisotopic (exact) mass is 349 g/mol. The standard InChI is InChI=1S/C13H8ClN5O3S/c14-7-4-2-1-3-6(7)12-17-18-13(23-12)16-11(21)9-5-8(10(15)20)19-22-9/h1-5H,(H2,15,20)(H,16,18,21). The lowest BCUT2D eigenvalue weighted by Crippen LogP contribution is -2.12. The van der Waals surface area contributed by atoms with E-state index in [-0.39, 0.29) is 16.6 Å². The number of hydrogen-bond donors (Lipinski definition) is 2. The Kier molecular flexibility index (Phi) is 4.04. The summed E-state index contributed by atoms with van der Waals surface area (Å²) in [6, 6.07) is 8.30. The number of nitrogens with one attached hydrogen (secondary N) is 1. The van der Waals surface area contributed by atoms with Gasteiger partial charge in [-0.1, -0.05) is 46.3 Å². The van der Waals surface area contributed by atoms with E-state index in [0.717, 1.165) is 17.4 Å². The van der Waals surface area contributed by atoms with Gasteiger partial charge in [0, 0.05) is 11.6 Å². The van der Waals surface area contributed by atoms with Gasteiger partial charge in [0.25, 0.3) is 11.8 Å². The van der Waals surface area contributed by atoms with E-state index in [0.29, 0.717) is 15.6 Å². The summed E-state index contributed by atoms with van der Waals surface area (Å²) in [5, 5.41) is 15.1. The van der Waals surface area contributed by atoms with Crippen molar-refractivity contribution in [2.45, 2.75) is 0 Å². The summed E-state index contributed by atoms with van der Waals surface area (Å²) in [5.74, 6) is -1.56. The van der Waals surface area contributed by atoms with Gasteiger partial charge < -0.3 is 10.3 Å². The largest absolute Gasteiger partial charge is 0.364 e. The topological polar surface area (TPSA) is 124 Å². The van der Waals surface area contributed by atoms with Crippen LogP contribution in [0.15, 0.2) is 34.9 Å². The Balaban J connectivity index is 1.77. The third-order valence-electron chi connectivity index (χ3n) is 2.74. The molecule has 0 radical (unpaired) electrons. The Labute approximate surface area is 138 Å². The number of aromatic nitrogens is 3. The summed E-state index contributed by atoms with van der Waals surface area (Å²) in [4.78, 5) is 22.9. The minimum Gasteiger partial charge on any atom is -0.364 e. The fourth-order valence-electron chi connectivity index (χ4n) is 1.67. The van der Waals surface area contributed by atoms with E-state index >= 15 is 0 Å². The van der Waals surface area contributed by atoms with Crippen molar-refractivity contribution in [3.05, 3.63) is 46.8 Å². The summed E-state index contributed by atoms with van der Waals surface area (Å²) in [6.07, 6.45) is 0. The van der Waals surface area contributed by atoms with Gasteiger partial charge in [0.05, 0.1) is 5.02 Å². The Hall–Kier alpha value is -2.78. The third-order valence-corrected chi connectivity index (χ3v) is 3.94. The summed E-state index contributed by atoms with van der Waals surface area (Å²) in [6.45, 7) is 0. The number of nitrogens with two attached hydrogens (primary N) is 1. The van der Waals surface area contributed by atoms with Gasteiger partial charge in [0.1, 0.15) is 0 Å². The number of anilines is 1. The Morgan fingerprint density at radius 1 is 1.26 bits per heavy atom. The van der Waals surface area contributed by atoms with E-state index in [2.05, 4.69) is 20.7 Å². The highest BCUT2D eigenvalue weighted by molar-refractivity contribution is 7.18. The molecule has 0 aliphatic carbocycles. The van der Waals surface area contributed by atoms with Crippen LogP contribution in [0, 0.1) is 0 Å². The molecule has 10 heteroatoms. The number of rotatable bonds is 4. The fraction of sp³-hybridized carbons (Fsp3) is 0. The van der Waals surface area contributed by atoms with Crippen LogP contribution in [0.4, 0.5) is 5.13 Å². The smallest absolute Gasteiger partial charge is 0.296 e. The van der Waals surface area contributed by atoms with E-state index in [1.807, 2.05) is 6.07 Å². The molecule has 0 fully saturated rings. The molecule has 3 rings (SSSR count). The summed E-state index contributed by atoms with van der Waals surface area (Å²) in [7, 11) is 0. The average Bonchev–Trinajstić information content (AvgIpc) is 3.16. The van der Waals surface area contributed by atoms with Crippen molar-refractivity contribution in [3.63, 3.8) is 0 Å². The van der Waals surface area contributed by atoms with E-state index < -0.39 is 11.8 Å². The molecule has 1 aromatic carbocycles. The Bertz CT molecular complexity index is 891. The zero-order valence-corrected chi connectivity index (χ0v) is 12.9. The molecule has 2 aromatic heterocycles. The predicted molar refractivity (Wildman–Crippen MR) is 83.3 cm³/mol. The molecular weight excluding hydrogens is 342 g/mol. The van der Waals surface area contributed by atoms with Gasteiger partial charge in [-0.3, -0.25) is 14.9 Å².